The zero-order valence-corrected chi connectivity index (χ0v) is 15.0. The van der Waals surface area contributed by atoms with Crippen LogP contribution in [-0.4, -0.2) is 45.5 Å². The second-order valence-electron chi connectivity index (χ2n) is 5.71. The van der Waals surface area contributed by atoms with Crippen LogP contribution in [0.5, 0.6) is 5.75 Å². The quantitative estimate of drug-likeness (QED) is 0.820. The zero-order chi connectivity index (χ0) is 17.6. The molecule has 24 heavy (non-hydrogen) atoms. The summed E-state index contributed by atoms with van der Waals surface area (Å²) < 4.78 is 32.5. The Bertz CT molecular complexity index is 670. The van der Waals surface area contributed by atoms with E-state index in [0.29, 0.717) is 25.3 Å². The van der Waals surface area contributed by atoms with Crippen LogP contribution in [-0.2, 0) is 10.0 Å². The first-order chi connectivity index (χ1) is 11.5. The number of rotatable bonds is 6. The number of hydrogen-bond donors (Lipinski definition) is 2. The summed E-state index contributed by atoms with van der Waals surface area (Å²) in [6.07, 6.45) is 3.59. The molecule has 1 heterocycles. The van der Waals surface area contributed by atoms with Gasteiger partial charge in [-0.3, -0.25) is 0 Å². The molecule has 0 aromatic heterocycles. The lowest BCUT2D eigenvalue weighted by atomic mass is 10.2. The molecule has 1 saturated heterocycles. The van der Waals surface area contributed by atoms with Crippen molar-refractivity contribution in [3.8, 4) is 5.75 Å². The molecule has 0 saturated carbocycles. The van der Waals surface area contributed by atoms with Gasteiger partial charge in [0.2, 0.25) is 10.0 Å². The topological polar surface area (TPSA) is 87.7 Å². The molecule has 1 aliphatic heterocycles. The molecule has 0 radical (unpaired) electrons. The van der Waals surface area contributed by atoms with Crippen LogP contribution in [0.15, 0.2) is 23.1 Å². The molecule has 134 valence electrons. The van der Waals surface area contributed by atoms with Gasteiger partial charge in [0.25, 0.3) is 0 Å². The monoisotopic (exact) mass is 355 g/mol. The number of sulfonamides is 1. The Morgan fingerprint density at radius 2 is 1.96 bits per heavy atom. The number of amides is 2. The summed E-state index contributed by atoms with van der Waals surface area (Å²) in [7, 11) is -2.21. The Morgan fingerprint density at radius 1 is 1.25 bits per heavy atom. The third kappa shape index (κ3) is 4.39. The molecular formula is C16H25N3O4S. The van der Waals surface area contributed by atoms with Gasteiger partial charge < -0.3 is 15.4 Å². The molecule has 8 heteroatoms. The molecule has 1 fully saturated rings. The number of carbonyl (C=O) groups excluding carboxylic acids is 1. The summed E-state index contributed by atoms with van der Waals surface area (Å²) in [5.41, 5.74) is 0.417. The van der Waals surface area contributed by atoms with Gasteiger partial charge in [0, 0.05) is 25.3 Å². The van der Waals surface area contributed by atoms with Crippen molar-refractivity contribution in [2.45, 2.75) is 37.5 Å². The molecule has 1 aliphatic rings. The van der Waals surface area contributed by atoms with Crippen LogP contribution in [0.1, 0.15) is 32.6 Å². The van der Waals surface area contributed by atoms with Crippen LogP contribution in [0.2, 0.25) is 0 Å². The second kappa shape index (κ2) is 8.34. The predicted molar refractivity (Wildman–Crippen MR) is 92.9 cm³/mol. The third-order valence-electron chi connectivity index (χ3n) is 3.89. The highest BCUT2D eigenvalue weighted by Crippen LogP contribution is 2.31. The van der Waals surface area contributed by atoms with E-state index in [0.717, 1.165) is 25.7 Å². The Hall–Kier alpha value is -1.80. The fourth-order valence-electron chi connectivity index (χ4n) is 2.61. The van der Waals surface area contributed by atoms with Gasteiger partial charge >= 0.3 is 6.03 Å². The van der Waals surface area contributed by atoms with Gasteiger partial charge in [-0.2, -0.15) is 4.31 Å². The molecule has 2 amide bonds. The van der Waals surface area contributed by atoms with Crippen LogP contribution in [0, 0.1) is 0 Å². The zero-order valence-electron chi connectivity index (χ0n) is 14.2. The van der Waals surface area contributed by atoms with E-state index >= 15 is 0 Å². The average molecular weight is 355 g/mol. The van der Waals surface area contributed by atoms with Crippen molar-refractivity contribution in [3.05, 3.63) is 18.2 Å². The standard InChI is InChI=1S/C16H25N3O4S/c1-3-9-17-16(20)18-13-7-8-14(23-2)15(12-13)24(21,22)19-10-5-4-6-11-19/h7-8,12H,3-6,9-11H2,1-2H3,(H2,17,18,20). The number of piperidine rings is 1. The maximum absolute atomic E-state index is 12.9. The Balaban J connectivity index is 2.26. The van der Waals surface area contributed by atoms with Crippen LogP contribution in [0.3, 0.4) is 0 Å². The van der Waals surface area contributed by atoms with E-state index in [1.54, 1.807) is 12.1 Å². The van der Waals surface area contributed by atoms with Gasteiger partial charge in [-0.05, 0) is 37.5 Å². The van der Waals surface area contributed by atoms with Crippen molar-refractivity contribution < 1.29 is 17.9 Å². The average Bonchev–Trinajstić information content (AvgIpc) is 2.60. The largest absolute Gasteiger partial charge is 0.495 e. The molecule has 0 bridgehead atoms. The number of benzene rings is 1. The first-order valence-electron chi connectivity index (χ1n) is 8.22. The molecule has 0 atom stereocenters. The number of nitrogens with one attached hydrogen (secondary N) is 2. The van der Waals surface area contributed by atoms with Gasteiger partial charge in [0.1, 0.15) is 10.6 Å². The fraction of sp³-hybridized carbons (Fsp3) is 0.562. The molecule has 0 spiro atoms. The van der Waals surface area contributed by atoms with E-state index < -0.39 is 10.0 Å². The first kappa shape index (κ1) is 18.5. The highest BCUT2D eigenvalue weighted by Gasteiger charge is 2.29. The molecule has 1 aromatic carbocycles. The molecule has 2 N–H and O–H groups in total. The molecule has 0 aliphatic carbocycles. The predicted octanol–water partition coefficient (Wildman–Crippen LogP) is 2.40. The van der Waals surface area contributed by atoms with Crippen LogP contribution in [0.25, 0.3) is 0 Å². The molecule has 0 unspecified atom stereocenters. The highest BCUT2D eigenvalue weighted by molar-refractivity contribution is 7.89. The Kier molecular flexibility index (Phi) is 6.44. The summed E-state index contributed by atoms with van der Waals surface area (Å²) in [6, 6.07) is 4.28. The number of anilines is 1. The number of urea groups is 1. The lowest BCUT2D eigenvalue weighted by Gasteiger charge is -2.26. The first-order valence-corrected chi connectivity index (χ1v) is 9.66. The van der Waals surface area contributed by atoms with E-state index in [9.17, 15) is 13.2 Å². The number of nitrogens with zero attached hydrogens (tertiary/aromatic N) is 1. The number of ether oxygens (including phenoxy) is 1. The summed E-state index contributed by atoms with van der Waals surface area (Å²) >= 11 is 0. The van der Waals surface area contributed by atoms with Crippen molar-refractivity contribution in [3.63, 3.8) is 0 Å². The minimum absolute atomic E-state index is 0.0835. The van der Waals surface area contributed by atoms with Crippen LogP contribution >= 0.6 is 0 Å². The molecular weight excluding hydrogens is 330 g/mol. The van der Waals surface area contributed by atoms with E-state index in [1.165, 1.54) is 17.5 Å². The number of methoxy groups -OCH3 is 1. The van der Waals surface area contributed by atoms with Gasteiger partial charge in [0.15, 0.2) is 0 Å². The minimum atomic E-state index is -3.64. The van der Waals surface area contributed by atoms with E-state index in [-0.39, 0.29) is 16.7 Å². The summed E-state index contributed by atoms with van der Waals surface area (Å²) in [5, 5.41) is 5.34. The van der Waals surface area contributed by atoms with Gasteiger partial charge in [0.05, 0.1) is 7.11 Å². The minimum Gasteiger partial charge on any atom is -0.495 e. The van der Waals surface area contributed by atoms with E-state index in [4.69, 9.17) is 4.74 Å². The summed E-state index contributed by atoms with van der Waals surface area (Å²) in [6.45, 7) is 3.54. The second-order valence-corrected chi connectivity index (χ2v) is 7.62. The van der Waals surface area contributed by atoms with Crippen molar-refractivity contribution in [2.24, 2.45) is 0 Å². The lowest BCUT2D eigenvalue weighted by molar-refractivity contribution is 0.252. The SMILES string of the molecule is CCCNC(=O)Nc1ccc(OC)c(S(=O)(=O)N2CCCCC2)c1. The summed E-state index contributed by atoms with van der Waals surface area (Å²) in [5.74, 6) is 0.278. The Labute approximate surface area is 143 Å². The number of carbonyl (C=O) groups is 1. The smallest absolute Gasteiger partial charge is 0.319 e. The maximum atomic E-state index is 12.9. The van der Waals surface area contributed by atoms with Gasteiger partial charge in [-0.1, -0.05) is 13.3 Å². The normalized spacial score (nSPS) is 15.8. The van der Waals surface area contributed by atoms with Gasteiger partial charge in [-0.25, -0.2) is 13.2 Å². The van der Waals surface area contributed by atoms with Crippen molar-refractivity contribution in [2.75, 3.05) is 32.1 Å². The van der Waals surface area contributed by atoms with Crippen molar-refractivity contribution >= 4 is 21.7 Å². The maximum Gasteiger partial charge on any atom is 0.319 e. The van der Waals surface area contributed by atoms with Gasteiger partial charge in [-0.15, -0.1) is 0 Å². The highest BCUT2D eigenvalue weighted by atomic mass is 32.2. The molecule has 7 nitrogen and oxygen atoms in total. The van der Waals surface area contributed by atoms with E-state index in [2.05, 4.69) is 10.6 Å². The summed E-state index contributed by atoms with van der Waals surface area (Å²) in [4.78, 5) is 11.9. The van der Waals surface area contributed by atoms with E-state index in [1.807, 2.05) is 6.92 Å². The fourth-order valence-corrected chi connectivity index (χ4v) is 4.31. The molecule has 2 rings (SSSR count). The van der Waals surface area contributed by atoms with Crippen LogP contribution in [0.4, 0.5) is 10.5 Å². The van der Waals surface area contributed by atoms with Crippen molar-refractivity contribution in [1.82, 2.24) is 9.62 Å². The van der Waals surface area contributed by atoms with Crippen molar-refractivity contribution in [1.29, 1.82) is 0 Å². The lowest BCUT2D eigenvalue weighted by Crippen LogP contribution is -2.36. The Morgan fingerprint density at radius 3 is 2.58 bits per heavy atom. The van der Waals surface area contributed by atoms with Crippen LogP contribution < -0.4 is 15.4 Å². The molecule has 1 aromatic rings. The third-order valence-corrected chi connectivity index (χ3v) is 5.81. The number of hydrogen-bond acceptors (Lipinski definition) is 4.